The topological polar surface area (TPSA) is 48.8 Å². The first-order valence-electron chi connectivity index (χ1n) is 19.1. The van der Waals surface area contributed by atoms with Crippen LogP contribution in [0, 0.1) is 6.33 Å². The van der Waals surface area contributed by atoms with Crippen LogP contribution in [0.25, 0.3) is 50.3 Å². The number of pyridine rings is 2. The summed E-state index contributed by atoms with van der Waals surface area (Å²) in [6.07, 6.45) is 11.2. The maximum atomic E-state index is 6.77. The normalized spacial score (nSPS) is 12.5. The van der Waals surface area contributed by atoms with Crippen LogP contribution >= 0.6 is 0 Å². The van der Waals surface area contributed by atoms with Gasteiger partial charge in [-0.2, -0.15) is 0 Å². The summed E-state index contributed by atoms with van der Waals surface area (Å²) >= 11 is 0. The van der Waals surface area contributed by atoms with E-state index in [2.05, 4.69) is 170 Å². The summed E-state index contributed by atoms with van der Waals surface area (Å²) in [5, 5.41) is 2.32. The van der Waals surface area contributed by atoms with Crippen molar-refractivity contribution in [1.29, 1.82) is 0 Å². The van der Waals surface area contributed by atoms with Crippen LogP contribution in [0.5, 0.6) is 11.5 Å². The summed E-state index contributed by atoms with van der Waals surface area (Å²) < 4.78 is 13.0. The minimum absolute atomic E-state index is 0.0110. The Balaban J connectivity index is 1.23. The number of imidazole rings is 1. The van der Waals surface area contributed by atoms with E-state index in [1.807, 2.05) is 39.9 Å². The van der Waals surface area contributed by atoms with Crippen molar-refractivity contribution in [2.45, 2.75) is 78.6 Å². The number of aromatic nitrogens is 5. The van der Waals surface area contributed by atoms with E-state index in [4.69, 9.17) is 14.7 Å². The fourth-order valence-electron chi connectivity index (χ4n) is 7.16. The standard InChI is InChI=1S/C49H49N5O/c1-47(2,3)34-19-21-51-45(28-34)54-42-18-14-13-17-40(42)46-41(33-15-11-10-12-16-33)29-39(30-43(46)54)55-38-20-22-50-44(31-38)53-24-23-52(32-53)37-26-35(48(4,5)6)25-36(27-37)49(7,8)9/h10-31H,1-9H3. The zero-order valence-corrected chi connectivity index (χ0v) is 33.3. The van der Waals surface area contributed by atoms with Crippen LogP contribution in [0.3, 0.4) is 0 Å². The minimum Gasteiger partial charge on any atom is -0.458 e. The number of benzene rings is 4. The van der Waals surface area contributed by atoms with Gasteiger partial charge in [-0.15, -0.1) is 0 Å². The SMILES string of the molecule is CC(C)(C)c1cc(-[n+]2[c-]n(-c3cc(Oc4cc(-c5ccccc5)c5c6ccccc6n(-c6cc(C(C)(C)C)ccn6)c5c4)ccn3)cc2)cc(C(C)(C)C)c1. The number of rotatable bonds is 6. The Kier molecular flexibility index (Phi) is 8.76. The zero-order chi connectivity index (χ0) is 38.7. The second kappa shape index (κ2) is 13.4. The lowest BCUT2D eigenvalue weighted by atomic mass is 9.80. The first kappa shape index (κ1) is 36.0. The summed E-state index contributed by atoms with van der Waals surface area (Å²) in [5.74, 6) is 2.98. The van der Waals surface area contributed by atoms with Crippen LogP contribution in [0.4, 0.5) is 0 Å². The molecule has 0 saturated carbocycles. The molecule has 4 aromatic carbocycles. The van der Waals surface area contributed by atoms with Crippen LogP contribution in [0.1, 0.15) is 79.0 Å². The highest BCUT2D eigenvalue weighted by atomic mass is 16.5. The molecule has 8 rings (SSSR count). The molecule has 276 valence electrons. The molecule has 0 aliphatic heterocycles. The van der Waals surface area contributed by atoms with Crippen molar-refractivity contribution in [2.24, 2.45) is 0 Å². The molecule has 0 aliphatic carbocycles. The van der Waals surface area contributed by atoms with Crippen molar-refractivity contribution in [2.75, 3.05) is 0 Å². The number of nitrogens with zero attached hydrogens (tertiary/aromatic N) is 5. The van der Waals surface area contributed by atoms with Gasteiger partial charge in [-0.1, -0.05) is 117 Å². The maximum Gasteiger partial charge on any atom is 0.270 e. The van der Waals surface area contributed by atoms with Gasteiger partial charge < -0.3 is 4.74 Å². The lowest BCUT2D eigenvalue weighted by molar-refractivity contribution is -0.599. The molecule has 0 saturated heterocycles. The predicted octanol–water partition coefficient (Wildman–Crippen LogP) is 11.8. The van der Waals surface area contributed by atoms with Gasteiger partial charge in [-0.3, -0.25) is 18.7 Å². The number of hydrogen-bond donors (Lipinski definition) is 0. The Bertz CT molecular complexity index is 2650. The Labute approximate surface area is 324 Å². The van der Waals surface area contributed by atoms with Crippen molar-refractivity contribution < 1.29 is 9.30 Å². The van der Waals surface area contributed by atoms with Crippen LogP contribution in [0.2, 0.25) is 0 Å². The average molecular weight is 724 g/mol. The van der Waals surface area contributed by atoms with Gasteiger partial charge in [-0.25, -0.2) is 4.98 Å². The molecule has 0 atom stereocenters. The molecule has 0 N–H and O–H groups in total. The van der Waals surface area contributed by atoms with E-state index >= 15 is 0 Å². The summed E-state index contributed by atoms with van der Waals surface area (Å²) in [5.41, 5.74) is 9.20. The Morgan fingerprint density at radius 1 is 0.582 bits per heavy atom. The van der Waals surface area contributed by atoms with E-state index in [-0.39, 0.29) is 16.2 Å². The lowest BCUT2D eigenvalue weighted by Gasteiger charge is -2.26. The highest BCUT2D eigenvalue weighted by Crippen LogP contribution is 2.42. The van der Waals surface area contributed by atoms with Crippen molar-refractivity contribution in [3.63, 3.8) is 0 Å². The second-order valence-corrected chi connectivity index (χ2v) is 17.6. The molecule has 0 aliphatic rings. The Hall–Kier alpha value is -6.01. The van der Waals surface area contributed by atoms with Gasteiger partial charge in [-0.05, 0) is 86.5 Å². The van der Waals surface area contributed by atoms with Crippen molar-refractivity contribution in [3.8, 4) is 39.9 Å². The van der Waals surface area contributed by atoms with Gasteiger partial charge in [0.25, 0.3) is 6.33 Å². The van der Waals surface area contributed by atoms with E-state index in [0.717, 1.165) is 50.2 Å². The summed E-state index contributed by atoms with van der Waals surface area (Å²) in [6.45, 7) is 20.3. The lowest BCUT2D eigenvalue weighted by Crippen LogP contribution is -2.30. The summed E-state index contributed by atoms with van der Waals surface area (Å²) in [6, 6.07) is 38.4. The molecule has 6 nitrogen and oxygen atoms in total. The molecular weight excluding hydrogens is 675 g/mol. The summed E-state index contributed by atoms with van der Waals surface area (Å²) in [7, 11) is 0. The summed E-state index contributed by atoms with van der Waals surface area (Å²) in [4.78, 5) is 9.64. The molecule has 4 heterocycles. The van der Waals surface area contributed by atoms with Crippen LogP contribution in [-0.4, -0.2) is 19.1 Å². The molecule has 6 heteroatoms. The minimum atomic E-state index is -0.0266. The van der Waals surface area contributed by atoms with E-state index in [1.54, 1.807) is 6.20 Å². The maximum absolute atomic E-state index is 6.77. The largest absolute Gasteiger partial charge is 0.458 e. The van der Waals surface area contributed by atoms with Gasteiger partial charge >= 0.3 is 0 Å². The number of para-hydroxylation sites is 1. The van der Waals surface area contributed by atoms with E-state index < -0.39 is 0 Å². The third-order valence-corrected chi connectivity index (χ3v) is 10.4. The van der Waals surface area contributed by atoms with Crippen molar-refractivity contribution >= 4 is 21.8 Å². The molecule has 0 radical (unpaired) electrons. The van der Waals surface area contributed by atoms with Crippen molar-refractivity contribution in [1.82, 2.24) is 19.1 Å². The van der Waals surface area contributed by atoms with Gasteiger partial charge in [0.05, 0.1) is 16.7 Å². The Morgan fingerprint density at radius 3 is 1.95 bits per heavy atom. The second-order valence-electron chi connectivity index (χ2n) is 17.6. The average Bonchev–Trinajstić information content (AvgIpc) is 3.78. The molecule has 0 fully saturated rings. The van der Waals surface area contributed by atoms with Gasteiger partial charge in [0.1, 0.15) is 17.3 Å². The number of fused-ring (bicyclic) bond motifs is 3. The van der Waals surface area contributed by atoms with Gasteiger partial charge in [0.15, 0.2) is 5.82 Å². The smallest absolute Gasteiger partial charge is 0.270 e. The third kappa shape index (κ3) is 7.05. The molecule has 55 heavy (non-hydrogen) atoms. The predicted molar refractivity (Wildman–Crippen MR) is 224 cm³/mol. The molecule has 0 amide bonds. The molecule has 8 aromatic rings. The van der Waals surface area contributed by atoms with Crippen LogP contribution < -0.4 is 9.30 Å². The van der Waals surface area contributed by atoms with Crippen LogP contribution in [0.15, 0.2) is 134 Å². The number of ether oxygens (including phenoxy) is 1. The monoisotopic (exact) mass is 723 g/mol. The highest BCUT2D eigenvalue weighted by molar-refractivity contribution is 6.16. The highest BCUT2D eigenvalue weighted by Gasteiger charge is 2.23. The number of hydrogen-bond acceptors (Lipinski definition) is 3. The van der Waals surface area contributed by atoms with Gasteiger partial charge in [0, 0.05) is 47.7 Å². The molecule has 0 bridgehead atoms. The first-order valence-corrected chi connectivity index (χ1v) is 19.1. The van der Waals surface area contributed by atoms with Crippen molar-refractivity contribution in [3.05, 3.63) is 157 Å². The van der Waals surface area contributed by atoms with E-state index in [0.29, 0.717) is 11.6 Å². The molecule has 0 unspecified atom stereocenters. The molecular formula is C49H49N5O. The molecule has 4 aromatic heterocycles. The zero-order valence-electron chi connectivity index (χ0n) is 33.3. The third-order valence-electron chi connectivity index (χ3n) is 10.4. The molecule has 0 spiro atoms. The fraction of sp³-hybridized carbons (Fsp3) is 0.245. The van der Waals surface area contributed by atoms with E-state index in [9.17, 15) is 0 Å². The first-order chi connectivity index (χ1) is 26.1. The van der Waals surface area contributed by atoms with E-state index in [1.165, 1.54) is 16.7 Å². The quantitative estimate of drug-likeness (QED) is 0.127. The fourth-order valence-corrected chi connectivity index (χ4v) is 7.16. The van der Waals surface area contributed by atoms with Gasteiger partial charge in [0.2, 0.25) is 0 Å². The Morgan fingerprint density at radius 2 is 1.24 bits per heavy atom. The van der Waals surface area contributed by atoms with Crippen LogP contribution in [-0.2, 0) is 16.2 Å².